The van der Waals surface area contributed by atoms with Crippen LogP contribution in [0.2, 0.25) is 0 Å². The predicted octanol–water partition coefficient (Wildman–Crippen LogP) is 6.23. The quantitative estimate of drug-likeness (QED) is 0.397. The average molecular weight is 314 g/mol. The Hall–Kier alpha value is -1.96. The molecule has 23 heavy (non-hydrogen) atoms. The molecule has 0 saturated heterocycles. The first-order valence-corrected chi connectivity index (χ1v) is 8.62. The predicted molar refractivity (Wildman–Crippen MR) is 99.0 cm³/mol. The smallest absolute Gasteiger partial charge is 0.122 e. The van der Waals surface area contributed by atoms with E-state index in [4.69, 9.17) is 0 Å². The summed E-state index contributed by atoms with van der Waals surface area (Å²) in [6.07, 6.45) is 19.5. The van der Waals surface area contributed by atoms with E-state index in [9.17, 15) is 10.2 Å². The van der Waals surface area contributed by atoms with Crippen LogP contribution in [-0.4, -0.2) is 10.2 Å². The molecule has 2 heteroatoms. The molecule has 0 saturated carbocycles. The largest absolute Gasteiger partial charge is 0.508 e. The molecule has 126 valence electrons. The van der Waals surface area contributed by atoms with Crippen molar-refractivity contribution in [2.75, 3.05) is 0 Å². The Balaban J connectivity index is 2.27. The molecule has 0 spiro atoms. The van der Waals surface area contributed by atoms with Crippen LogP contribution in [0.3, 0.4) is 0 Å². The van der Waals surface area contributed by atoms with Crippen molar-refractivity contribution in [3.05, 3.63) is 60.2 Å². The second-order valence-electron chi connectivity index (χ2n) is 5.87. The zero-order valence-corrected chi connectivity index (χ0v) is 14.4. The topological polar surface area (TPSA) is 40.5 Å². The summed E-state index contributed by atoms with van der Waals surface area (Å²) in [6, 6.07) is 4.89. The third-order valence-corrected chi connectivity index (χ3v) is 3.81. The highest BCUT2D eigenvalue weighted by Crippen LogP contribution is 2.35. The summed E-state index contributed by atoms with van der Waals surface area (Å²) in [4.78, 5) is 0. The Morgan fingerprint density at radius 2 is 1.48 bits per heavy atom. The molecule has 1 aromatic carbocycles. The molecule has 0 fully saturated rings. The molecule has 2 N–H and O–H groups in total. The van der Waals surface area contributed by atoms with E-state index in [1.165, 1.54) is 19.3 Å². The number of allylic oxidation sites excluding steroid dienone is 6. The minimum absolute atomic E-state index is 0.0953. The number of hydrogen-bond donors (Lipinski definition) is 2. The van der Waals surface area contributed by atoms with Gasteiger partial charge in [-0.25, -0.2) is 0 Å². The lowest BCUT2D eigenvalue weighted by molar-refractivity contribution is 0.431. The van der Waals surface area contributed by atoms with E-state index in [1.54, 1.807) is 18.2 Å². The lowest BCUT2D eigenvalue weighted by Gasteiger charge is -2.13. The molecule has 0 aliphatic heterocycles. The molecule has 0 bridgehead atoms. The molecule has 0 aliphatic rings. The molecule has 0 amide bonds. The van der Waals surface area contributed by atoms with E-state index >= 15 is 0 Å². The summed E-state index contributed by atoms with van der Waals surface area (Å²) >= 11 is 0. The van der Waals surface area contributed by atoms with Gasteiger partial charge in [-0.05, 0) is 43.7 Å². The van der Waals surface area contributed by atoms with E-state index < -0.39 is 0 Å². The van der Waals surface area contributed by atoms with Crippen molar-refractivity contribution in [2.45, 2.75) is 58.3 Å². The molecule has 0 radical (unpaired) electrons. The van der Waals surface area contributed by atoms with Crippen LogP contribution >= 0.6 is 0 Å². The first-order valence-electron chi connectivity index (χ1n) is 8.62. The fraction of sp³-hybridized carbons (Fsp3) is 0.429. The Bertz CT molecular complexity index is 506. The third-order valence-electron chi connectivity index (χ3n) is 3.81. The van der Waals surface area contributed by atoms with E-state index in [0.717, 1.165) is 19.3 Å². The normalized spacial score (nSPS) is 13.5. The molecule has 1 unspecified atom stereocenters. The number of phenols is 2. The van der Waals surface area contributed by atoms with Gasteiger partial charge in [0.2, 0.25) is 0 Å². The fourth-order valence-corrected chi connectivity index (χ4v) is 2.45. The van der Waals surface area contributed by atoms with Gasteiger partial charge in [0.25, 0.3) is 0 Å². The van der Waals surface area contributed by atoms with Crippen molar-refractivity contribution in [1.82, 2.24) is 0 Å². The van der Waals surface area contributed by atoms with Crippen molar-refractivity contribution in [3.63, 3.8) is 0 Å². The third kappa shape index (κ3) is 7.73. The maximum Gasteiger partial charge on any atom is 0.122 e. The number of hydrogen-bond acceptors (Lipinski definition) is 2. The number of benzene rings is 1. The number of rotatable bonds is 10. The summed E-state index contributed by atoms with van der Waals surface area (Å²) in [5.74, 6) is 0.430. The fourth-order valence-electron chi connectivity index (χ4n) is 2.45. The Morgan fingerprint density at radius 3 is 2.09 bits per heavy atom. The molecular weight excluding hydrogens is 284 g/mol. The van der Waals surface area contributed by atoms with Crippen LogP contribution in [0, 0.1) is 0 Å². The highest BCUT2D eigenvalue weighted by molar-refractivity contribution is 5.45. The molecular formula is C21H30O2. The SMILES string of the molecule is CCCC/C=C/C/C=C/C/C=C/CC(C)c1c(O)cccc1O. The zero-order chi connectivity index (χ0) is 16.9. The van der Waals surface area contributed by atoms with E-state index in [-0.39, 0.29) is 17.4 Å². The summed E-state index contributed by atoms with van der Waals surface area (Å²) in [5, 5.41) is 19.7. The van der Waals surface area contributed by atoms with Crippen molar-refractivity contribution in [2.24, 2.45) is 0 Å². The summed E-state index contributed by atoms with van der Waals surface area (Å²) in [7, 11) is 0. The van der Waals surface area contributed by atoms with Crippen LogP contribution in [0.4, 0.5) is 0 Å². The Kier molecular flexibility index (Phi) is 9.62. The maximum absolute atomic E-state index is 9.84. The summed E-state index contributed by atoms with van der Waals surface area (Å²) in [5.41, 5.74) is 0.630. The van der Waals surface area contributed by atoms with Gasteiger partial charge in [0, 0.05) is 5.56 Å². The van der Waals surface area contributed by atoms with E-state index in [2.05, 4.69) is 43.4 Å². The van der Waals surface area contributed by atoms with Gasteiger partial charge in [-0.15, -0.1) is 0 Å². The van der Waals surface area contributed by atoms with Crippen LogP contribution in [-0.2, 0) is 0 Å². The van der Waals surface area contributed by atoms with Crippen LogP contribution < -0.4 is 0 Å². The highest BCUT2D eigenvalue weighted by Gasteiger charge is 2.13. The first kappa shape index (κ1) is 19.1. The molecule has 2 nitrogen and oxygen atoms in total. The molecule has 0 aromatic heterocycles. The lowest BCUT2D eigenvalue weighted by atomic mass is 9.95. The molecule has 1 aromatic rings. The molecule has 0 heterocycles. The van der Waals surface area contributed by atoms with Gasteiger partial charge in [-0.1, -0.05) is 69.2 Å². The van der Waals surface area contributed by atoms with E-state index in [1.807, 2.05) is 6.92 Å². The average Bonchev–Trinajstić information content (AvgIpc) is 2.52. The molecule has 1 rings (SSSR count). The minimum atomic E-state index is 0.0953. The second-order valence-corrected chi connectivity index (χ2v) is 5.87. The summed E-state index contributed by atoms with van der Waals surface area (Å²) in [6.45, 7) is 4.22. The van der Waals surface area contributed by atoms with Gasteiger partial charge < -0.3 is 10.2 Å². The Morgan fingerprint density at radius 1 is 0.913 bits per heavy atom. The van der Waals surface area contributed by atoms with Crippen molar-refractivity contribution in [1.29, 1.82) is 0 Å². The van der Waals surface area contributed by atoms with Crippen molar-refractivity contribution < 1.29 is 10.2 Å². The van der Waals surface area contributed by atoms with Crippen molar-refractivity contribution >= 4 is 0 Å². The van der Waals surface area contributed by atoms with Gasteiger partial charge in [0.1, 0.15) is 11.5 Å². The maximum atomic E-state index is 9.84. The lowest BCUT2D eigenvalue weighted by Crippen LogP contribution is -1.93. The Labute approximate surface area is 140 Å². The number of phenolic OH excluding ortho intramolecular Hbond substituents is 2. The number of unbranched alkanes of at least 4 members (excludes halogenated alkanes) is 2. The van der Waals surface area contributed by atoms with Crippen LogP contribution in [0.25, 0.3) is 0 Å². The summed E-state index contributed by atoms with van der Waals surface area (Å²) < 4.78 is 0. The second kappa shape index (κ2) is 11.6. The van der Waals surface area contributed by atoms with Crippen LogP contribution in [0.15, 0.2) is 54.7 Å². The first-order chi connectivity index (χ1) is 11.2. The van der Waals surface area contributed by atoms with Crippen molar-refractivity contribution in [3.8, 4) is 11.5 Å². The van der Waals surface area contributed by atoms with Crippen LogP contribution in [0.5, 0.6) is 11.5 Å². The van der Waals surface area contributed by atoms with Gasteiger partial charge in [-0.3, -0.25) is 0 Å². The highest BCUT2D eigenvalue weighted by atomic mass is 16.3. The zero-order valence-electron chi connectivity index (χ0n) is 14.4. The minimum Gasteiger partial charge on any atom is -0.508 e. The molecule has 0 aliphatic carbocycles. The van der Waals surface area contributed by atoms with Gasteiger partial charge in [0.05, 0.1) is 0 Å². The van der Waals surface area contributed by atoms with E-state index in [0.29, 0.717) is 5.56 Å². The van der Waals surface area contributed by atoms with Gasteiger partial charge >= 0.3 is 0 Å². The van der Waals surface area contributed by atoms with Crippen LogP contribution in [0.1, 0.15) is 63.9 Å². The number of aromatic hydroxyl groups is 2. The monoisotopic (exact) mass is 314 g/mol. The standard InChI is InChI=1S/C21H30O2/c1-3-4-5-6-7-8-9-10-11-12-13-15-18(2)21-19(22)16-14-17-20(21)23/h6-7,9-10,12-14,16-18,22-23H,3-5,8,11,15H2,1-2H3/b7-6+,10-9+,13-12+. The van der Waals surface area contributed by atoms with Gasteiger partial charge in [-0.2, -0.15) is 0 Å². The molecule has 1 atom stereocenters. The van der Waals surface area contributed by atoms with Gasteiger partial charge in [0.15, 0.2) is 0 Å².